The van der Waals surface area contributed by atoms with E-state index in [0.29, 0.717) is 0 Å². The van der Waals surface area contributed by atoms with Crippen LogP contribution in [0.3, 0.4) is 0 Å². The lowest BCUT2D eigenvalue weighted by molar-refractivity contribution is 0.500. The molecule has 212 valence electrons. The van der Waals surface area contributed by atoms with Crippen molar-refractivity contribution in [1.82, 2.24) is 0 Å². The molecule has 0 aromatic heterocycles. The van der Waals surface area contributed by atoms with E-state index in [0.717, 1.165) is 5.92 Å². The average molecular weight is 493 g/mol. The first-order valence-electron chi connectivity index (χ1n) is 17.3. The van der Waals surface area contributed by atoms with Crippen molar-refractivity contribution in [1.29, 1.82) is 0 Å². The van der Waals surface area contributed by atoms with Gasteiger partial charge in [0.25, 0.3) is 0 Å². The molecule has 0 saturated carbocycles. The lowest BCUT2D eigenvalue weighted by atomic mass is 10.0. The number of hydrogen-bond donors (Lipinski definition) is 0. The summed E-state index contributed by atoms with van der Waals surface area (Å²) in [5.74, 6) is 0.897. The quantitative estimate of drug-likeness (QED) is 0.0844. The van der Waals surface area contributed by atoms with Crippen LogP contribution in [0, 0.1) is 5.92 Å². The van der Waals surface area contributed by atoms with Crippen LogP contribution in [0.15, 0.2) is 0 Å². The molecule has 35 heavy (non-hydrogen) atoms. The van der Waals surface area contributed by atoms with E-state index in [9.17, 15) is 0 Å². The molecule has 0 aliphatic carbocycles. The molecule has 0 saturated heterocycles. The third kappa shape index (κ3) is 34.0. The first kappa shape index (κ1) is 35.0. The molecule has 0 aromatic rings. The van der Waals surface area contributed by atoms with Crippen LogP contribution in [0.5, 0.6) is 0 Å². The molecule has 0 aliphatic heterocycles. The summed E-state index contributed by atoms with van der Waals surface area (Å²) in [6, 6.07) is 0. The Morgan fingerprint density at radius 1 is 0.257 bits per heavy atom. The predicted molar refractivity (Wildman–Crippen MR) is 164 cm³/mol. The zero-order chi connectivity index (χ0) is 25.5. The maximum absolute atomic E-state index is 2.35. The second kappa shape index (κ2) is 32.0. The maximum atomic E-state index is 2.35. The van der Waals surface area contributed by atoms with Gasteiger partial charge in [-0.05, 0) is 5.92 Å². The Morgan fingerprint density at radius 3 is 0.600 bits per heavy atom. The van der Waals surface area contributed by atoms with Gasteiger partial charge in [0, 0.05) is 0 Å². The zero-order valence-electron chi connectivity index (χ0n) is 25.5. The normalized spacial score (nSPS) is 11.7. The predicted octanol–water partition coefficient (Wildman–Crippen LogP) is 13.8. The van der Waals surface area contributed by atoms with E-state index in [4.69, 9.17) is 0 Å². The van der Waals surface area contributed by atoms with Crippen LogP contribution in [0.1, 0.15) is 220 Å². The minimum atomic E-state index is 0.897. The molecule has 0 bridgehead atoms. The molecular formula is C35H72. The lowest BCUT2D eigenvalue weighted by Gasteiger charge is -2.05. The van der Waals surface area contributed by atoms with Gasteiger partial charge in [0.15, 0.2) is 0 Å². The second-order valence-electron chi connectivity index (χ2n) is 12.4. The van der Waals surface area contributed by atoms with E-state index in [1.165, 1.54) is 199 Å². The average Bonchev–Trinajstić information content (AvgIpc) is 2.85. The van der Waals surface area contributed by atoms with Crippen molar-refractivity contribution in [3.05, 3.63) is 0 Å². The smallest absolute Gasteiger partial charge is 0.0471 e. The van der Waals surface area contributed by atoms with Gasteiger partial charge in [-0.2, -0.15) is 0 Å². The van der Waals surface area contributed by atoms with Gasteiger partial charge in [0.05, 0.1) is 0 Å². The molecule has 0 amide bonds. The largest absolute Gasteiger partial charge is 0.0654 e. The number of unbranched alkanes of at least 4 members (excludes halogenated alkanes) is 29. The summed E-state index contributed by atoms with van der Waals surface area (Å²) in [5.41, 5.74) is 0. The van der Waals surface area contributed by atoms with Crippen molar-refractivity contribution in [2.45, 2.75) is 220 Å². The Balaban J connectivity index is 3.01. The van der Waals surface area contributed by atoms with Gasteiger partial charge < -0.3 is 0 Å². The monoisotopic (exact) mass is 493 g/mol. The van der Waals surface area contributed by atoms with Crippen molar-refractivity contribution in [3.8, 4) is 0 Å². The fourth-order valence-electron chi connectivity index (χ4n) is 5.58. The first-order valence-corrected chi connectivity index (χ1v) is 17.3. The summed E-state index contributed by atoms with van der Waals surface area (Å²) in [5, 5.41) is 0. The molecule has 0 aliphatic rings. The van der Waals surface area contributed by atoms with E-state index in [1.807, 2.05) is 0 Å². The lowest BCUT2D eigenvalue weighted by Crippen LogP contribution is -1.87. The highest BCUT2D eigenvalue weighted by atomic mass is 14.0. The van der Waals surface area contributed by atoms with Crippen LogP contribution < -0.4 is 0 Å². The first-order chi connectivity index (χ1) is 17.3. The van der Waals surface area contributed by atoms with Crippen molar-refractivity contribution in [2.75, 3.05) is 0 Å². The standard InChI is InChI=1S/C35H72/c1-4-5-6-7-8-9-10-11-12-13-14-15-16-17-18-19-20-21-22-23-24-25-26-27-28-29-30-31-32-33-34-35(2)3/h35H,4-34H2,1-3H3. The Labute approximate surface area is 225 Å². The second-order valence-corrected chi connectivity index (χ2v) is 12.4. The Kier molecular flexibility index (Phi) is 32.0. The van der Waals surface area contributed by atoms with E-state index >= 15 is 0 Å². The van der Waals surface area contributed by atoms with Gasteiger partial charge in [0.2, 0.25) is 0 Å². The molecule has 0 heteroatoms. The van der Waals surface area contributed by atoms with Crippen LogP contribution in [0.2, 0.25) is 0 Å². The van der Waals surface area contributed by atoms with Crippen LogP contribution >= 0.6 is 0 Å². The Bertz CT molecular complexity index is 344. The summed E-state index contributed by atoms with van der Waals surface area (Å²) in [6.07, 6.45) is 45.9. The highest BCUT2D eigenvalue weighted by Gasteiger charge is 1.97. The summed E-state index contributed by atoms with van der Waals surface area (Å²) >= 11 is 0. The zero-order valence-corrected chi connectivity index (χ0v) is 25.5. The van der Waals surface area contributed by atoms with E-state index < -0.39 is 0 Å². The topological polar surface area (TPSA) is 0 Å². The van der Waals surface area contributed by atoms with Crippen molar-refractivity contribution < 1.29 is 0 Å². The minimum Gasteiger partial charge on any atom is -0.0654 e. The van der Waals surface area contributed by atoms with E-state index in [-0.39, 0.29) is 0 Å². The van der Waals surface area contributed by atoms with Gasteiger partial charge in [-0.25, -0.2) is 0 Å². The van der Waals surface area contributed by atoms with Gasteiger partial charge in [0.1, 0.15) is 0 Å². The van der Waals surface area contributed by atoms with Gasteiger partial charge in [-0.1, -0.05) is 220 Å². The van der Waals surface area contributed by atoms with Crippen molar-refractivity contribution in [3.63, 3.8) is 0 Å². The molecule has 0 atom stereocenters. The van der Waals surface area contributed by atoms with Gasteiger partial charge in [-0.3, -0.25) is 0 Å². The Hall–Kier alpha value is 0. The summed E-state index contributed by atoms with van der Waals surface area (Å²) in [6.45, 7) is 7.01. The molecule has 0 spiro atoms. The van der Waals surface area contributed by atoms with Crippen molar-refractivity contribution in [2.24, 2.45) is 5.92 Å². The third-order valence-corrected chi connectivity index (χ3v) is 8.14. The van der Waals surface area contributed by atoms with Crippen LogP contribution in [0.4, 0.5) is 0 Å². The van der Waals surface area contributed by atoms with Gasteiger partial charge >= 0.3 is 0 Å². The molecule has 0 nitrogen and oxygen atoms in total. The minimum absolute atomic E-state index is 0.897. The molecule has 0 aromatic carbocycles. The van der Waals surface area contributed by atoms with E-state index in [2.05, 4.69) is 20.8 Å². The summed E-state index contributed by atoms with van der Waals surface area (Å²) in [7, 11) is 0. The highest BCUT2D eigenvalue weighted by molar-refractivity contribution is 4.53. The fraction of sp³-hybridized carbons (Fsp3) is 1.00. The van der Waals surface area contributed by atoms with Gasteiger partial charge in [-0.15, -0.1) is 0 Å². The summed E-state index contributed by atoms with van der Waals surface area (Å²) in [4.78, 5) is 0. The molecule has 0 heterocycles. The maximum Gasteiger partial charge on any atom is -0.0471 e. The SMILES string of the molecule is CCCCCCCCCCCCCCCCCCCCCCCCCCCCCCCCC(C)C. The molecular weight excluding hydrogens is 420 g/mol. The molecule has 0 radical (unpaired) electrons. The molecule has 0 unspecified atom stereocenters. The highest BCUT2D eigenvalue weighted by Crippen LogP contribution is 2.17. The Morgan fingerprint density at radius 2 is 0.429 bits per heavy atom. The van der Waals surface area contributed by atoms with E-state index in [1.54, 1.807) is 0 Å². The third-order valence-electron chi connectivity index (χ3n) is 8.14. The number of hydrogen-bond acceptors (Lipinski definition) is 0. The molecule has 0 N–H and O–H groups in total. The van der Waals surface area contributed by atoms with Crippen molar-refractivity contribution >= 4 is 0 Å². The molecule has 0 fully saturated rings. The molecule has 0 rings (SSSR count). The van der Waals surface area contributed by atoms with Crippen LogP contribution in [-0.2, 0) is 0 Å². The van der Waals surface area contributed by atoms with Crippen LogP contribution in [-0.4, -0.2) is 0 Å². The number of rotatable bonds is 31. The summed E-state index contributed by atoms with van der Waals surface area (Å²) < 4.78 is 0. The fourth-order valence-corrected chi connectivity index (χ4v) is 5.58. The van der Waals surface area contributed by atoms with Crippen LogP contribution in [0.25, 0.3) is 0 Å².